The Kier molecular flexibility index (Phi) is 8.14. The van der Waals surface area contributed by atoms with Gasteiger partial charge in [0.15, 0.2) is 0 Å². The summed E-state index contributed by atoms with van der Waals surface area (Å²) >= 11 is 0. The molecule has 1 aliphatic rings. The first kappa shape index (κ1) is 16.2. The van der Waals surface area contributed by atoms with Crippen molar-refractivity contribution in [2.75, 3.05) is 19.6 Å². The third-order valence-corrected chi connectivity index (χ3v) is 8.15. The van der Waals surface area contributed by atoms with E-state index in [0.29, 0.717) is 0 Å². The number of hydrogen-bond acceptors (Lipinski definition) is 3. The van der Waals surface area contributed by atoms with Crippen LogP contribution in [0, 0.1) is 0 Å². The molecule has 18 heavy (non-hydrogen) atoms. The van der Waals surface area contributed by atoms with Crippen molar-refractivity contribution in [3.8, 4) is 0 Å². The van der Waals surface area contributed by atoms with E-state index >= 15 is 0 Å². The molecule has 0 heterocycles. The lowest BCUT2D eigenvalue weighted by molar-refractivity contribution is 0.640. The minimum absolute atomic E-state index is 0.877. The molecule has 0 aromatic carbocycles. The second-order valence-corrected chi connectivity index (χ2v) is 9.06. The fourth-order valence-corrected chi connectivity index (χ4v) is 7.39. The first-order valence-corrected chi connectivity index (χ1v) is 10.1. The van der Waals surface area contributed by atoms with Gasteiger partial charge in [-0.25, -0.2) is 0 Å². The molecule has 4 heteroatoms. The lowest BCUT2D eigenvalue weighted by Crippen LogP contribution is -2.74. The molecule has 1 rings (SSSR count). The number of rotatable bonds is 10. The van der Waals surface area contributed by atoms with Gasteiger partial charge in [0.1, 0.15) is 0 Å². The highest BCUT2D eigenvalue weighted by Gasteiger charge is 2.42. The monoisotopic (exact) mass is 271 g/mol. The van der Waals surface area contributed by atoms with Crippen molar-refractivity contribution in [1.82, 2.24) is 14.9 Å². The zero-order valence-corrected chi connectivity index (χ0v) is 13.6. The van der Waals surface area contributed by atoms with Crippen LogP contribution in [-0.4, -0.2) is 28.2 Å². The average Bonchev–Trinajstić information content (AvgIpc) is 2.93. The van der Waals surface area contributed by atoms with Crippen LogP contribution in [0.5, 0.6) is 0 Å². The van der Waals surface area contributed by atoms with E-state index in [-0.39, 0.29) is 0 Å². The van der Waals surface area contributed by atoms with Crippen LogP contribution in [-0.2, 0) is 0 Å². The SMILES string of the molecule is CCCN[Si](NCCC)(NCCC)C1CCCC1. The van der Waals surface area contributed by atoms with E-state index in [0.717, 1.165) is 25.2 Å². The zero-order chi connectivity index (χ0) is 13.3. The maximum absolute atomic E-state index is 3.91. The summed E-state index contributed by atoms with van der Waals surface area (Å²) in [4.78, 5) is 11.7. The van der Waals surface area contributed by atoms with Crippen LogP contribution in [0.1, 0.15) is 65.7 Å². The van der Waals surface area contributed by atoms with Gasteiger partial charge in [-0.05, 0) is 57.3 Å². The van der Waals surface area contributed by atoms with Gasteiger partial charge >= 0.3 is 0 Å². The van der Waals surface area contributed by atoms with Gasteiger partial charge in [-0.2, -0.15) is 0 Å². The molecule has 0 unspecified atom stereocenters. The quantitative estimate of drug-likeness (QED) is 0.535. The molecule has 0 radical (unpaired) electrons. The molecule has 1 saturated carbocycles. The molecule has 108 valence electrons. The first-order valence-electron chi connectivity index (χ1n) is 8.04. The van der Waals surface area contributed by atoms with Crippen molar-refractivity contribution >= 4 is 8.56 Å². The van der Waals surface area contributed by atoms with E-state index in [2.05, 4.69) is 35.7 Å². The predicted molar refractivity (Wildman–Crippen MR) is 82.9 cm³/mol. The van der Waals surface area contributed by atoms with Crippen LogP contribution in [0.15, 0.2) is 0 Å². The minimum Gasteiger partial charge on any atom is -0.313 e. The maximum Gasteiger partial charge on any atom is 0.284 e. The highest BCUT2D eigenvalue weighted by Crippen LogP contribution is 2.35. The van der Waals surface area contributed by atoms with Crippen LogP contribution in [0.4, 0.5) is 0 Å². The van der Waals surface area contributed by atoms with E-state index in [9.17, 15) is 0 Å². The Hall–Kier alpha value is 0.0969. The summed E-state index contributed by atoms with van der Waals surface area (Å²) in [6, 6.07) is 0. The summed E-state index contributed by atoms with van der Waals surface area (Å²) < 4.78 is 0. The molecule has 3 N–H and O–H groups in total. The molecule has 0 amide bonds. The van der Waals surface area contributed by atoms with E-state index in [1.54, 1.807) is 0 Å². The van der Waals surface area contributed by atoms with Gasteiger partial charge in [-0.15, -0.1) is 0 Å². The van der Waals surface area contributed by atoms with E-state index in [4.69, 9.17) is 0 Å². The molecule has 1 fully saturated rings. The summed E-state index contributed by atoms with van der Waals surface area (Å²) in [5.41, 5.74) is 0.877. The molecule has 0 bridgehead atoms. The Labute approximate surface area is 115 Å². The highest BCUT2D eigenvalue weighted by atomic mass is 28.4. The van der Waals surface area contributed by atoms with Gasteiger partial charge in [0.25, 0.3) is 8.56 Å². The second kappa shape index (κ2) is 9.07. The molecule has 3 nitrogen and oxygen atoms in total. The van der Waals surface area contributed by atoms with Crippen LogP contribution in [0.2, 0.25) is 5.54 Å². The molecule has 0 aliphatic heterocycles. The fourth-order valence-electron chi connectivity index (χ4n) is 2.95. The van der Waals surface area contributed by atoms with E-state index in [1.165, 1.54) is 44.9 Å². The number of hydrogen-bond donors (Lipinski definition) is 3. The Morgan fingerprint density at radius 1 is 0.778 bits per heavy atom. The smallest absolute Gasteiger partial charge is 0.284 e. The van der Waals surface area contributed by atoms with Crippen molar-refractivity contribution in [3.63, 3.8) is 0 Å². The average molecular weight is 272 g/mol. The molecule has 0 aromatic heterocycles. The number of nitrogens with one attached hydrogen (secondary N) is 3. The van der Waals surface area contributed by atoms with Gasteiger partial charge in [0.05, 0.1) is 0 Å². The summed E-state index contributed by atoms with van der Waals surface area (Å²) in [6.45, 7) is 10.2. The lowest BCUT2D eigenvalue weighted by Gasteiger charge is -2.38. The van der Waals surface area contributed by atoms with Crippen LogP contribution < -0.4 is 14.9 Å². The molecule has 0 saturated heterocycles. The summed E-state index contributed by atoms with van der Waals surface area (Å²) in [5.74, 6) is 0. The fraction of sp³-hybridized carbons (Fsp3) is 1.00. The van der Waals surface area contributed by atoms with Gasteiger partial charge in [-0.3, -0.25) is 0 Å². The maximum atomic E-state index is 3.91. The highest BCUT2D eigenvalue weighted by molar-refractivity contribution is 6.74. The third kappa shape index (κ3) is 4.65. The molecule has 0 spiro atoms. The Balaban J connectivity index is 2.68. The summed E-state index contributed by atoms with van der Waals surface area (Å²) in [5, 5.41) is 0. The van der Waals surface area contributed by atoms with Crippen molar-refractivity contribution in [2.24, 2.45) is 0 Å². The van der Waals surface area contributed by atoms with Crippen LogP contribution in [0.25, 0.3) is 0 Å². The molecular weight excluding hydrogens is 238 g/mol. The van der Waals surface area contributed by atoms with Gasteiger partial charge in [0, 0.05) is 0 Å². The third-order valence-electron chi connectivity index (χ3n) is 3.93. The van der Waals surface area contributed by atoms with Crippen molar-refractivity contribution < 1.29 is 0 Å². The Morgan fingerprint density at radius 2 is 1.17 bits per heavy atom. The van der Waals surface area contributed by atoms with E-state index < -0.39 is 8.56 Å². The van der Waals surface area contributed by atoms with Crippen LogP contribution >= 0.6 is 0 Å². The lowest BCUT2D eigenvalue weighted by atomic mass is 10.4. The summed E-state index contributed by atoms with van der Waals surface area (Å²) in [6.07, 6.45) is 9.35. The standard InChI is InChI=1S/C14H33N3Si/c1-4-11-15-18(16-12-5-2,17-13-6-3)14-9-7-8-10-14/h14-17H,4-13H2,1-3H3. The molecular formula is C14H33N3Si. The molecule has 0 aromatic rings. The topological polar surface area (TPSA) is 36.1 Å². The molecule has 1 aliphatic carbocycles. The van der Waals surface area contributed by atoms with Crippen molar-refractivity contribution in [2.45, 2.75) is 71.3 Å². The summed E-state index contributed by atoms with van der Waals surface area (Å²) in [7, 11) is -1.68. The van der Waals surface area contributed by atoms with Gasteiger partial charge in [0.2, 0.25) is 0 Å². The normalized spacial score (nSPS) is 17.5. The molecule has 0 atom stereocenters. The minimum atomic E-state index is -1.68. The van der Waals surface area contributed by atoms with Crippen molar-refractivity contribution in [3.05, 3.63) is 0 Å². The van der Waals surface area contributed by atoms with Gasteiger partial charge in [-0.1, -0.05) is 33.6 Å². The zero-order valence-electron chi connectivity index (χ0n) is 12.6. The largest absolute Gasteiger partial charge is 0.313 e. The Bertz CT molecular complexity index is 183. The predicted octanol–water partition coefficient (Wildman–Crippen LogP) is 2.87. The second-order valence-electron chi connectivity index (χ2n) is 5.57. The van der Waals surface area contributed by atoms with Crippen molar-refractivity contribution in [1.29, 1.82) is 0 Å². The van der Waals surface area contributed by atoms with E-state index in [1.807, 2.05) is 0 Å². The first-order chi connectivity index (χ1) is 8.79. The Morgan fingerprint density at radius 3 is 1.50 bits per heavy atom. The van der Waals surface area contributed by atoms with Crippen LogP contribution in [0.3, 0.4) is 0 Å². The van der Waals surface area contributed by atoms with Gasteiger partial charge < -0.3 is 14.9 Å².